The van der Waals surface area contributed by atoms with Gasteiger partial charge in [0.25, 0.3) is 5.91 Å². The molecule has 0 aliphatic carbocycles. The lowest BCUT2D eigenvalue weighted by atomic mass is 10.0. The lowest BCUT2D eigenvalue weighted by Crippen LogP contribution is -2.35. The van der Waals surface area contributed by atoms with Gasteiger partial charge in [-0.2, -0.15) is 0 Å². The molecule has 3 nitrogen and oxygen atoms in total. The summed E-state index contributed by atoms with van der Waals surface area (Å²) in [6.45, 7) is 3.82. The highest BCUT2D eigenvalue weighted by Crippen LogP contribution is 2.35. The number of piperidine rings is 1. The molecule has 0 N–H and O–H groups in total. The fourth-order valence-electron chi connectivity index (χ4n) is 3.51. The Balaban J connectivity index is 1.84. The normalized spacial score (nSPS) is 18.0. The highest BCUT2D eigenvalue weighted by molar-refractivity contribution is 8.08. The van der Waals surface area contributed by atoms with Crippen LogP contribution in [0.3, 0.4) is 0 Å². The number of fused-ring (bicyclic) bond motifs is 1. The Hall–Kier alpha value is -1.81. The zero-order valence-electron chi connectivity index (χ0n) is 14.0. The van der Waals surface area contributed by atoms with Crippen LogP contribution in [0.1, 0.15) is 47.3 Å². The molecule has 2 aromatic rings. The SMILES string of the molecule is Cc1ccc2nc(C3=CCCS3)cc(C(=O)N3CCCCC3)c2c1. The molecule has 4 rings (SSSR count). The molecule has 1 amide bonds. The average molecular weight is 338 g/mol. The quantitative estimate of drug-likeness (QED) is 0.799. The number of pyridine rings is 1. The maximum absolute atomic E-state index is 13.2. The maximum atomic E-state index is 13.2. The number of rotatable bonds is 2. The van der Waals surface area contributed by atoms with Crippen LogP contribution in [0.25, 0.3) is 15.8 Å². The molecule has 1 saturated heterocycles. The van der Waals surface area contributed by atoms with Crippen LogP contribution in [0.4, 0.5) is 0 Å². The molecule has 3 heterocycles. The minimum Gasteiger partial charge on any atom is -0.339 e. The Kier molecular flexibility index (Phi) is 4.31. The van der Waals surface area contributed by atoms with Gasteiger partial charge in [0.05, 0.1) is 16.8 Å². The van der Waals surface area contributed by atoms with Crippen molar-refractivity contribution in [2.75, 3.05) is 18.8 Å². The van der Waals surface area contributed by atoms with Crippen molar-refractivity contribution in [2.24, 2.45) is 0 Å². The molecule has 0 unspecified atom stereocenters. The van der Waals surface area contributed by atoms with Gasteiger partial charge in [-0.05, 0) is 50.8 Å². The summed E-state index contributed by atoms with van der Waals surface area (Å²) in [4.78, 5) is 21.2. The van der Waals surface area contributed by atoms with Gasteiger partial charge >= 0.3 is 0 Å². The van der Waals surface area contributed by atoms with Gasteiger partial charge in [-0.25, -0.2) is 4.98 Å². The summed E-state index contributed by atoms with van der Waals surface area (Å²) in [5.74, 6) is 1.27. The summed E-state index contributed by atoms with van der Waals surface area (Å²) in [7, 11) is 0. The number of hydrogen-bond acceptors (Lipinski definition) is 3. The van der Waals surface area contributed by atoms with Crippen LogP contribution in [0.5, 0.6) is 0 Å². The Morgan fingerprint density at radius 1 is 1.17 bits per heavy atom. The molecular weight excluding hydrogens is 316 g/mol. The molecule has 0 spiro atoms. The highest BCUT2D eigenvalue weighted by Gasteiger charge is 2.22. The maximum Gasteiger partial charge on any atom is 0.254 e. The molecule has 1 fully saturated rings. The van der Waals surface area contributed by atoms with E-state index in [0.717, 1.165) is 60.3 Å². The largest absolute Gasteiger partial charge is 0.339 e. The number of aromatic nitrogens is 1. The van der Waals surface area contributed by atoms with E-state index in [1.165, 1.54) is 16.9 Å². The zero-order valence-corrected chi connectivity index (χ0v) is 14.9. The van der Waals surface area contributed by atoms with Crippen molar-refractivity contribution >= 4 is 33.5 Å². The lowest BCUT2D eigenvalue weighted by Gasteiger charge is -2.27. The van der Waals surface area contributed by atoms with Crippen molar-refractivity contribution in [1.82, 2.24) is 9.88 Å². The van der Waals surface area contributed by atoms with E-state index in [9.17, 15) is 4.79 Å². The van der Waals surface area contributed by atoms with Gasteiger partial charge in [-0.1, -0.05) is 17.7 Å². The predicted octanol–water partition coefficient (Wildman–Crippen LogP) is 4.65. The predicted molar refractivity (Wildman–Crippen MR) is 101 cm³/mol. The van der Waals surface area contributed by atoms with Crippen LogP contribution >= 0.6 is 11.8 Å². The van der Waals surface area contributed by atoms with E-state index < -0.39 is 0 Å². The van der Waals surface area contributed by atoms with Crippen LogP contribution in [-0.2, 0) is 0 Å². The molecule has 124 valence electrons. The molecule has 24 heavy (non-hydrogen) atoms. The first-order valence-corrected chi connectivity index (χ1v) is 9.75. The number of nitrogens with zero attached hydrogens (tertiary/aromatic N) is 2. The number of carbonyl (C=O) groups excluding carboxylic acids is 1. The molecule has 1 aromatic heterocycles. The smallest absolute Gasteiger partial charge is 0.254 e. The van der Waals surface area contributed by atoms with E-state index in [4.69, 9.17) is 4.98 Å². The Morgan fingerprint density at radius 3 is 2.75 bits per heavy atom. The minimum atomic E-state index is 0.164. The second-order valence-electron chi connectivity index (χ2n) is 6.63. The zero-order chi connectivity index (χ0) is 16.5. The van der Waals surface area contributed by atoms with Crippen molar-refractivity contribution < 1.29 is 4.79 Å². The standard InChI is InChI=1S/C20H22N2OS/c1-14-7-8-17-15(12-14)16(20(23)22-9-3-2-4-10-22)13-18(21-17)19-6-5-11-24-19/h6-8,12-13H,2-5,9-11H2,1H3. The monoisotopic (exact) mass is 338 g/mol. The number of carbonyl (C=O) groups is 1. The first-order valence-electron chi connectivity index (χ1n) is 8.76. The minimum absolute atomic E-state index is 0.164. The highest BCUT2D eigenvalue weighted by atomic mass is 32.2. The van der Waals surface area contributed by atoms with Gasteiger partial charge in [0.2, 0.25) is 0 Å². The number of aryl methyl sites for hydroxylation is 1. The second-order valence-corrected chi connectivity index (χ2v) is 7.77. The molecule has 0 bridgehead atoms. The number of benzene rings is 1. The topological polar surface area (TPSA) is 33.2 Å². The van der Waals surface area contributed by atoms with Crippen LogP contribution < -0.4 is 0 Å². The van der Waals surface area contributed by atoms with E-state index in [1.54, 1.807) is 0 Å². The number of allylic oxidation sites excluding steroid dienone is 1. The first-order chi connectivity index (χ1) is 11.7. The fraction of sp³-hybridized carbons (Fsp3) is 0.400. The number of thioether (sulfide) groups is 1. The van der Waals surface area contributed by atoms with Gasteiger partial charge < -0.3 is 4.90 Å². The van der Waals surface area contributed by atoms with Crippen molar-refractivity contribution in [2.45, 2.75) is 32.6 Å². The molecule has 4 heteroatoms. The average Bonchev–Trinajstić information content (AvgIpc) is 3.16. The molecule has 0 atom stereocenters. The van der Waals surface area contributed by atoms with E-state index in [0.29, 0.717) is 0 Å². The van der Waals surface area contributed by atoms with Crippen LogP contribution in [0.2, 0.25) is 0 Å². The van der Waals surface area contributed by atoms with E-state index in [1.807, 2.05) is 28.8 Å². The molecular formula is C20H22N2OS. The summed E-state index contributed by atoms with van der Waals surface area (Å²) in [5.41, 5.74) is 3.86. The van der Waals surface area contributed by atoms with Crippen molar-refractivity contribution in [3.63, 3.8) is 0 Å². The third-order valence-corrected chi connectivity index (χ3v) is 5.92. The third-order valence-electron chi connectivity index (χ3n) is 4.80. The molecule has 2 aliphatic rings. The molecule has 2 aliphatic heterocycles. The third kappa shape index (κ3) is 2.95. The molecule has 0 saturated carbocycles. The van der Waals surface area contributed by atoms with Gasteiger partial charge in [-0.15, -0.1) is 11.8 Å². The first kappa shape index (κ1) is 15.7. The Bertz CT molecular complexity index is 822. The van der Waals surface area contributed by atoms with Gasteiger partial charge in [0.15, 0.2) is 0 Å². The summed E-state index contributed by atoms with van der Waals surface area (Å²) >= 11 is 1.84. The summed E-state index contributed by atoms with van der Waals surface area (Å²) in [5, 5.41) is 0.984. The number of likely N-dealkylation sites (tertiary alicyclic amines) is 1. The van der Waals surface area contributed by atoms with E-state index in [2.05, 4.69) is 25.1 Å². The van der Waals surface area contributed by atoms with Gasteiger partial charge in [0, 0.05) is 29.1 Å². The summed E-state index contributed by atoms with van der Waals surface area (Å²) in [6.07, 6.45) is 6.78. The summed E-state index contributed by atoms with van der Waals surface area (Å²) < 4.78 is 0. The molecule has 1 aromatic carbocycles. The van der Waals surface area contributed by atoms with Gasteiger partial charge in [0.1, 0.15) is 0 Å². The van der Waals surface area contributed by atoms with Crippen molar-refractivity contribution in [3.05, 3.63) is 47.2 Å². The number of hydrogen-bond donors (Lipinski definition) is 0. The van der Waals surface area contributed by atoms with Crippen LogP contribution in [0.15, 0.2) is 30.3 Å². The second kappa shape index (κ2) is 6.60. The van der Waals surface area contributed by atoms with Crippen LogP contribution in [0, 0.1) is 6.92 Å². The van der Waals surface area contributed by atoms with Crippen LogP contribution in [-0.4, -0.2) is 34.6 Å². The van der Waals surface area contributed by atoms with E-state index in [-0.39, 0.29) is 5.91 Å². The van der Waals surface area contributed by atoms with Crippen molar-refractivity contribution in [3.8, 4) is 0 Å². The summed E-state index contributed by atoms with van der Waals surface area (Å²) in [6, 6.07) is 8.23. The Morgan fingerprint density at radius 2 is 2.00 bits per heavy atom. The fourth-order valence-corrected chi connectivity index (χ4v) is 4.45. The van der Waals surface area contributed by atoms with E-state index >= 15 is 0 Å². The van der Waals surface area contributed by atoms with Crippen molar-refractivity contribution in [1.29, 1.82) is 0 Å². The lowest BCUT2D eigenvalue weighted by molar-refractivity contribution is 0.0726. The number of amides is 1. The van der Waals surface area contributed by atoms with Gasteiger partial charge in [-0.3, -0.25) is 4.79 Å². The molecule has 0 radical (unpaired) electrons. The Labute approximate surface area is 147 Å².